The minimum Gasteiger partial charge on any atom is -0.497 e. The molecule has 7 nitrogen and oxygen atoms in total. The number of benzene rings is 1. The first kappa shape index (κ1) is 17.1. The highest BCUT2D eigenvalue weighted by atomic mass is 32.2. The van der Waals surface area contributed by atoms with Crippen molar-refractivity contribution in [3.05, 3.63) is 30.1 Å². The van der Waals surface area contributed by atoms with E-state index in [9.17, 15) is 4.79 Å². The van der Waals surface area contributed by atoms with E-state index in [4.69, 9.17) is 9.47 Å². The summed E-state index contributed by atoms with van der Waals surface area (Å²) in [6, 6.07) is 7.33. The summed E-state index contributed by atoms with van der Waals surface area (Å²) in [5, 5.41) is 8.90. The second-order valence-corrected chi connectivity index (χ2v) is 5.41. The minimum atomic E-state index is -0.295. The molecule has 1 aromatic heterocycles. The van der Waals surface area contributed by atoms with Crippen LogP contribution < -0.4 is 9.47 Å². The molecule has 23 heavy (non-hydrogen) atoms. The molecule has 1 heterocycles. The van der Waals surface area contributed by atoms with E-state index >= 15 is 0 Å². The topological polar surface area (TPSA) is 75.5 Å². The Morgan fingerprint density at radius 1 is 1.17 bits per heavy atom. The zero-order chi connectivity index (χ0) is 16.7. The third-order valence-corrected chi connectivity index (χ3v) is 4.02. The van der Waals surface area contributed by atoms with Crippen molar-refractivity contribution in [1.82, 2.24) is 14.8 Å². The third-order valence-electron chi connectivity index (χ3n) is 3.08. The number of nitrogens with zero attached hydrogens (tertiary/aromatic N) is 3. The van der Waals surface area contributed by atoms with Crippen LogP contribution in [-0.4, -0.2) is 40.7 Å². The highest BCUT2D eigenvalue weighted by molar-refractivity contribution is 7.99. The predicted octanol–water partition coefficient (Wildman–Crippen LogP) is 2.15. The van der Waals surface area contributed by atoms with Gasteiger partial charge in [0.15, 0.2) is 11.0 Å². The Hall–Kier alpha value is -2.22. The maximum atomic E-state index is 11.2. The molecule has 0 aliphatic heterocycles. The Kier molecular flexibility index (Phi) is 6.28. The smallest absolute Gasteiger partial charge is 0.316 e. The Morgan fingerprint density at radius 3 is 2.48 bits per heavy atom. The van der Waals surface area contributed by atoms with Gasteiger partial charge in [0.2, 0.25) is 0 Å². The molecule has 0 atom stereocenters. The molecule has 0 fully saturated rings. The van der Waals surface area contributed by atoms with Crippen LogP contribution in [0.2, 0.25) is 0 Å². The van der Waals surface area contributed by atoms with Crippen molar-refractivity contribution >= 4 is 17.7 Å². The SMILES string of the molecule is CCn1c(COc2ccc(OC)cc2)nnc1SCC(=O)OC. The van der Waals surface area contributed by atoms with Crippen molar-refractivity contribution in [2.45, 2.75) is 25.2 Å². The van der Waals surface area contributed by atoms with Gasteiger partial charge in [0.1, 0.15) is 18.1 Å². The Morgan fingerprint density at radius 2 is 1.87 bits per heavy atom. The fourth-order valence-electron chi connectivity index (χ4n) is 1.85. The van der Waals surface area contributed by atoms with Gasteiger partial charge in [-0.3, -0.25) is 4.79 Å². The molecule has 0 saturated heterocycles. The number of hydrogen-bond acceptors (Lipinski definition) is 7. The van der Waals surface area contributed by atoms with E-state index in [0.29, 0.717) is 24.1 Å². The minimum absolute atomic E-state index is 0.202. The molecule has 1 aromatic carbocycles. The molecule has 0 bridgehead atoms. The molecule has 124 valence electrons. The van der Waals surface area contributed by atoms with Crippen molar-refractivity contribution in [3.8, 4) is 11.5 Å². The first-order valence-corrected chi connectivity index (χ1v) is 8.05. The lowest BCUT2D eigenvalue weighted by molar-refractivity contribution is -0.137. The van der Waals surface area contributed by atoms with Crippen LogP contribution in [0.3, 0.4) is 0 Å². The molecule has 0 N–H and O–H groups in total. The number of thioether (sulfide) groups is 1. The second-order valence-electron chi connectivity index (χ2n) is 4.47. The van der Waals surface area contributed by atoms with Gasteiger partial charge in [0.05, 0.1) is 20.0 Å². The van der Waals surface area contributed by atoms with Crippen LogP contribution in [0, 0.1) is 0 Å². The van der Waals surface area contributed by atoms with Gasteiger partial charge >= 0.3 is 5.97 Å². The normalized spacial score (nSPS) is 10.4. The molecular weight excluding hydrogens is 318 g/mol. The van der Waals surface area contributed by atoms with E-state index in [1.165, 1.54) is 18.9 Å². The summed E-state index contributed by atoms with van der Waals surface area (Å²) in [5.41, 5.74) is 0. The number of aromatic nitrogens is 3. The number of esters is 1. The Bertz CT molecular complexity index is 643. The van der Waals surface area contributed by atoms with E-state index in [1.807, 2.05) is 35.8 Å². The molecule has 8 heteroatoms. The Labute approximate surface area is 138 Å². The molecule has 0 aliphatic rings. The number of ether oxygens (including phenoxy) is 3. The van der Waals surface area contributed by atoms with Crippen molar-refractivity contribution in [2.75, 3.05) is 20.0 Å². The predicted molar refractivity (Wildman–Crippen MR) is 85.8 cm³/mol. The monoisotopic (exact) mass is 337 g/mol. The van der Waals surface area contributed by atoms with Gasteiger partial charge in [-0.1, -0.05) is 11.8 Å². The average molecular weight is 337 g/mol. The molecule has 0 aliphatic carbocycles. The first-order valence-electron chi connectivity index (χ1n) is 7.06. The standard InChI is InChI=1S/C15H19N3O4S/c1-4-18-13(16-17-15(18)23-10-14(19)21-3)9-22-12-7-5-11(20-2)6-8-12/h5-8H,4,9-10H2,1-3H3. The fraction of sp³-hybridized carbons (Fsp3) is 0.400. The average Bonchev–Trinajstić information content (AvgIpc) is 3.00. The second kappa shape index (κ2) is 8.42. The third kappa shape index (κ3) is 4.62. The first-order chi connectivity index (χ1) is 11.2. The van der Waals surface area contributed by atoms with Gasteiger partial charge in [0.25, 0.3) is 0 Å². The highest BCUT2D eigenvalue weighted by Gasteiger charge is 2.13. The number of hydrogen-bond donors (Lipinski definition) is 0. The summed E-state index contributed by atoms with van der Waals surface area (Å²) in [4.78, 5) is 11.2. The number of rotatable bonds is 8. The fourth-order valence-corrected chi connectivity index (χ4v) is 2.71. The van der Waals surface area contributed by atoms with Gasteiger partial charge in [-0.15, -0.1) is 10.2 Å². The summed E-state index contributed by atoms with van der Waals surface area (Å²) in [7, 11) is 2.98. The molecule has 0 radical (unpaired) electrons. The van der Waals surface area contributed by atoms with E-state index < -0.39 is 0 Å². The van der Waals surface area contributed by atoms with E-state index in [2.05, 4.69) is 14.9 Å². The van der Waals surface area contributed by atoms with Gasteiger partial charge < -0.3 is 18.8 Å². The molecule has 0 saturated carbocycles. The van der Waals surface area contributed by atoms with E-state index in [1.54, 1.807) is 7.11 Å². The molecule has 0 unspecified atom stereocenters. The number of methoxy groups -OCH3 is 2. The van der Waals surface area contributed by atoms with Gasteiger partial charge in [-0.05, 0) is 31.2 Å². The maximum Gasteiger partial charge on any atom is 0.316 e. The lowest BCUT2D eigenvalue weighted by Gasteiger charge is -2.09. The zero-order valence-electron chi connectivity index (χ0n) is 13.3. The van der Waals surface area contributed by atoms with Crippen LogP contribution in [0.15, 0.2) is 29.4 Å². The summed E-state index contributed by atoms with van der Waals surface area (Å²) >= 11 is 1.29. The zero-order valence-corrected chi connectivity index (χ0v) is 14.1. The largest absolute Gasteiger partial charge is 0.497 e. The summed E-state index contributed by atoms with van der Waals surface area (Å²) in [6.45, 7) is 2.98. The van der Waals surface area contributed by atoms with Crippen molar-refractivity contribution in [1.29, 1.82) is 0 Å². The van der Waals surface area contributed by atoms with Crippen LogP contribution >= 0.6 is 11.8 Å². The quantitative estimate of drug-likeness (QED) is 0.539. The molecule has 0 amide bonds. The van der Waals surface area contributed by atoms with Crippen LogP contribution in [0.25, 0.3) is 0 Å². The summed E-state index contributed by atoms with van der Waals surface area (Å²) in [5.74, 6) is 2.11. The number of carbonyl (C=O) groups is 1. The molecular formula is C15H19N3O4S. The Balaban J connectivity index is 1.99. The maximum absolute atomic E-state index is 11.2. The van der Waals surface area contributed by atoms with Crippen LogP contribution in [0.1, 0.15) is 12.7 Å². The van der Waals surface area contributed by atoms with Gasteiger partial charge in [0, 0.05) is 6.54 Å². The molecule has 2 rings (SSSR count). The van der Waals surface area contributed by atoms with Crippen molar-refractivity contribution in [3.63, 3.8) is 0 Å². The molecule has 0 spiro atoms. The molecule has 2 aromatic rings. The van der Waals surface area contributed by atoms with Gasteiger partial charge in [-0.25, -0.2) is 0 Å². The lowest BCUT2D eigenvalue weighted by Crippen LogP contribution is -2.08. The van der Waals surface area contributed by atoms with E-state index in [-0.39, 0.29) is 11.7 Å². The van der Waals surface area contributed by atoms with Crippen LogP contribution in [0.5, 0.6) is 11.5 Å². The van der Waals surface area contributed by atoms with Crippen molar-refractivity contribution in [2.24, 2.45) is 0 Å². The summed E-state index contributed by atoms with van der Waals surface area (Å²) in [6.07, 6.45) is 0. The number of carbonyl (C=O) groups excluding carboxylic acids is 1. The van der Waals surface area contributed by atoms with Gasteiger partial charge in [-0.2, -0.15) is 0 Å². The summed E-state index contributed by atoms with van der Waals surface area (Å²) < 4.78 is 17.4. The highest BCUT2D eigenvalue weighted by Crippen LogP contribution is 2.20. The van der Waals surface area contributed by atoms with E-state index in [0.717, 1.165) is 11.5 Å². The van der Waals surface area contributed by atoms with Crippen LogP contribution in [-0.2, 0) is 22.7 Å². The lowest BCUT2D eigenvalue weighted by atomic mass is 10.3. The van der Waals surface area contributed by atoms with Crippen LogP contribution in [0.4, 0.5) is 0 Å². The van der Waals surface area contributed by atoms with Crippen molar-refractivity contribution < 1.29 is 19.0 Å².